The SMILES string of the molecule is N#Cc1ccccc1N1CCCN(C(=O)[C@@H]2CCS(=O)(=O)C2)CC1. The molecule has 0 aromatic heterocycles. The Labute approximate surface area is 142 Å². The molecule has 2 saturated heterocycles. The summed E-state index contributed by atoms with van der Waals surface area (Å²) in [6, 6.07) is 9.69. The van der Waals surface area contributed by atoms with Crippen molar-refractivity contribution in [3.63, 3.8) is 0 Å². The van der Waals surface area contributed by atoms with Crippen LogP contribution in [-0.2, 0) is 14.6 Å². The molecule has 1 aromatic rings. The number of nitriles is 1. The van der Waals surface area contributed by atoms with Gasteiger partial charge in [0.2, 0.25) is 5.91 Å². The summed E-state index contributed by atoms with van der Waals surface area (Å²) < 4.78 is 23.2. The number of anilines is 1. The van der Waals surface area contributed by atoms with E-state index in [1.54, 1.807) is 11.0 Å². The van der Waals surface area contributed by atoms with Gasteiger partial charge < -0.3 is 9.80 Å². The second kappa shape index (κ2) is 6.81. The predicted molar refractivity (Wildman–Crippen MR) is 91.3 cm³/mol. The van der Waals surface area contributed by atoms with Crippen molar-refractivity contribution < 1.29 is 13.2 Å². The smallest absolute Gasteiger partial charge is 0.226 e. The first-order chi connectivity index (χ1) is 11.5. The highest BCUT2D eigenvalue weighted by Gasteiger charge is 2.35. The molecular formula is C17H21N3O3S. The van der Waals surface area contributed by atoms with Crippen molar-refractivity contribution in [3.05, 3.63) is 29.8 Å². The second-order valence-electron chi connectivity index (χ2n) is 6.39. The third kappa shape index (κ3) is 3.54. The van der Waals surface area contributed by atoms with Crippen LogP contribution >= 0.6 is 0 Å². The average Bonchev–Trinajstić information content (AvgIpc) is 2.80. The summed E-state index contributed by atoms with van der Waals surface area (Å²) in [6.45, 7) is 2.64. The standard InChI is InChI=1S/C17H21N3O3S/c18-12-14-4-1-2-5-16(14)19-7-3-8-20(10-9-19)17(21)15-6-11-24(22,23)13-15/h1-2,4-5,15H,3,6-11,13H2/t15-/m1/s1. The number of nitrogens with zero attached hydrogens (tertiary/aromatic N) is 3. The minimum absolute atomic E-state index is 0.0106. The van der Waals surface area contributed by atoms with Crippen molar-refractivity contribution in [2.24, 2.45) is 5.92 Å². The second-order valence-corrected chi connectivity index (χ2v) is 8.62. The van der Waals surface area contributed by atoms with Gasteiger partial charge in [-0.25, -0.2) is 8.42 Å². The molecule has 0 aliphatic carbocycles. The lowest BCUT2D eigenvalue weighted by molar-refractivity contribution is -0.134. The summed E-state index contributed by atoms with van der Waals surface area (Å²) in [5.74, 6) is -0.304. The minimum Gasteiger partial charge on any atom is -0.369 e. The summed E-state index contributed by atoms with van der Waals surface area (Å²) >= 11 is 0. The van der Waals surface area contributed by atoms with Crippen LogP contribution in [0.1, 0.15) is 18.4 Å². The average molecular weight is 347 g/mol. The number of hydrogen-bond donors (Lipinski definition) is 0. The fourth-order valence-corrected chi connectivity index (χ4v) is 5.20. The lowest BCUT2D eigenvalue weighted by Gasteiger charge is -2.25. The maximum absolute atomic E-state index is 12.6. The number of benzene rings is 1. The molecule has 2 aliphatic rings. The number of carbonyl (C=O) groups excluding carboxylic acids is 1. The third-order valence-electron chi connectivity index (χ3n) is 4.75. The number of sulfone groups is 1. The van der Waals surface area contributed by atoms with Crippen LogP contribution in [0.15, 0.2) is 24.3 Å². The van der Waals surface area contributed by atoms with E-state index < -0.39 is 9.84 Å². The molecule has 0 N–H and O–H groups in total. The molecule has 0 saturated carbocycles. The summed E-state index contributed by atoms with van der Waals surface area (Å²) in [4.78, 5) is 16.5. The van der Waals surface area contributed by atoms with Crippen molar-refractivity contribution in [2.45, 2.75) is 12.8 Å². The largest absolute Gasteiger partial charge is 0.369 e. The van der Waals surface area contributed by atoms with Gasteiger partial charge in [-0.1, -0.05) is 12.1 Å². The Bertz CT molecular complexity index is 770. The monoisotopic (exact) mass is 347 g/mol. The molecule has 2 aliphatic heterocycles. The van der Waals surface area contributed by atoms with E-state index in [0.717, 1.165) is 18.7 Å². The minimum atomic E-state index is -3.04. The molecule has 0 spiro atoms. The molecule has 7 heteroatoms. The van der Waals surface area contributed by atoms with E-state index in [2.05, 4.69) is 11.0 Å². The van der Waals surface area contributed by atoms with Crippen LogP contribution in [0.3, 0.4) is 0 Å². The van der Waals surface area contributed by atoms with Crippen LogP contribution in [0.2, 0.25) is 0 Å². The third-order valence-corrected chi connectivity index (χ3v) is 6.52. The highest BCUT2D eigenvalue weighted by molar-refractivity contribution is 7.91. The first-order valence-corrected chi connectivity index (χ1v) is 10.1. The molecule has 3 rings (SSSR count). The van der Waals surface area contributed by atoms with Gasteiger partial charge in [0.05, 0.1) is 28.7 Å². The van der Waals surface area contributed by atoms with E-state index in [1.807, 2.05) is 18.2 Å². The molecule has 128 valence electrons. The van der Waals surface area contributed by atoms with Gasteiger partial charge in [-0.05, 0) is 25.0 Å². The summed E-state index contributed by atoms with van der Waals surface area (Å²) in [7, 11) is -3.04. The Morgan fingerprint density at radius 2 is 1.96 bits per heavy atom. The number of amides is 1. The first-order valence-electron chi connectivity index (χ1n) is 8.23. The van der Waals surface area contributed by atoms with Gasteiger partial charge in [0, 0.05) is 26.2 Å². The lowest BCUT2D eigenvalue weighted by Crippen LogP contribution is -2.39. The molecule has 1 amide bonds. The Balaban J connectivity index is 1.67. The van der Waals surface area contributed by atoms with E-state index in [4.69, 9.17) is 0 Å². The zero-order valence-electron chi connectivity index (χ0n) is 13.5. The molecule has 2 fully saturated rings. The van der Waals surface area contributed by atoms with E-state index >= 15 is 0 Å². The fourth-order valence-electron chi connectivity index (χ4n) is 3.47. The van der Waals surface area contributed by atoms with Crippen molar-refractivity contribution in [3.8, 4) is 6.07 Å². The summed E-state index contributed by atoms with van der Waals surface area (Å²) in [6.07, 6.45) is 1.25. The lowest BCUT2D eigenvalue weighted by atomic mass is 10.1. The maximum Gasteiger partial charge on any atom is 0.226 e. The van der Waals surface area contributed by atoms with E-state index in [9.17, 15) is 18.5 Å². The van der Waals surface area contributed by atoms with E-state index in [-0.39, 0.29) is 23.3 Å². The number of rotatable bonds is 2. The van der Waals surface area contributed by atoms with Crippen molar-refractivity contribution >= 4 is 21.4 Å². The molecular weight excluding hydrogens is 326 g/mol. The molecule has 24 heavy (non-hydrogen) atoms. The van der Waals surface area contributed by atoms with Crippen molar-refractivity contribution in [2.75, 3.05) is 42.6 Å². The zero-order chi connectivity index (χ0) is 17.2. The highest BCUT2D eigenvalue weighted by Crippen LogP contribution is 2.24. The van der Waals surface area contributed by atoms with Crippen LogP contribution in [-0.4, -0.2) is 56.9 Å². The van der Waals surface area contributed by atoms with Crippen LogP contribution in [0.4, 0.5) is 5.69 Å². The first kappa shape index (κ1) is 16.8. The molecule has 1 aromatic carbocycles. The van der Waals surface area contributed by atoms with E-state index in [1.165, 1.54) is 0 Å². The summed E-state index contributed by atoms with van der Waals surface area (Å²) in [5.41, 5.74) is 1.54. The number of para-hydroxylation sites is 1. The van der Waals surface area contributed by atoms with Gasteiger partial charge in [0.1, 0.15) is 6.07 Å². The number of carbonyl (C=O) groups is 1. The Morgan fingerprint density at radius 3 is 2.67 bits per heavy atom. The normalized spacial score (nSPS) is 23.5. The van der Waals surface area contributed by atoms with Gasteiger partial charge >= 0.3 is 0 Å². The van der Waals surface area contributed by atoms with Crippen LogP contribution in [0, 0.1) is 17.2 Å². The van der Waals surface area contributed by atoms with Gasteiger partial charge in [0.15, 0.2) is 9.84 Å². The van der Waals surface area contributed by atoms with Crippen LogP contribution < -0.4 is 4.90 Å². The van der Waals surface area contributed by atoms with Gasteiger partial charge in [-0.2, -0.15) is 5.26 Å². The van der Waals surface area contributed by atoms with Gasteiger partial charge in [-0.3, -0.25) is 4.79 Å². The topological polar surface area (TPSA) is 81.5 Å². The van der Waals surface area contributed by atoms with Crippen LogP contribution in [0.25, 0.3) is 0 Å². The highest BCUT2D eigenvalue weighted by atomic mass is 32.2. The zero-order valence-corrected chi connectivity index (χ0v) is 14.3. The number of hydrogen-bond acceptors (Lipinski definition) is 5. The molecule has 0 unspecified atom stereocenters. The predicted octanol–water partition coefficient (Wildman–Crippen LogP) is 1.03. The quantitative estimate of drug-likeness (QED) is 0.798. The Kier molecular flexibility index (Phi) is 4.76. The van der Waals surface area contributed by atoms with Gasteiger partial charge in [-0.15, -0.1) is 0 Å². The van der Waals surface area contributed by atoms with Crippen LogP contribution in [0.5, 0.6) is 0 Å². The fraction of sp³-hybridized carbons (Fsp3) is 0.529. The molecule has 1 atom stereocenters. The van der Waals surface area contributed by atoms with Crippen molar-refractivity contribution in [1.82, 2.24) is 4.90 Å². The molecule has 2 heterocycles. The molecule has 0 bridgehead atoms. The molecule has 6 nitrogen and oxygen atoms in total. The van der Waals surface area contributed by atoms with Crippen molar-refractivity contribution in [1.29, 1.82) is 5.26 Å². The Hall–Kier alpha value is -2.07. The van der Waals surface area contributed by atoms with E-state index in [0.29, 0.717) is 31.6 Å². The summed E-state index contributed by atoms with van der Waals surface area (Å²) in [5, 5.41) is 9.25. The maximum atomic E-state index is 12.6. The molecule has 0 radical (unpaired) electrons. The Morgan fingerprint density at radius 1 is 1.17 bits per heavy atom. The van der Waals surface area contributed by atoms with Gasteiger partial charge in [0.25, 0.3) is 0 Å².